The fourth-order valence-electron chi connectivity index (χ4n) is 2.78. The Morgan fingerprint density at radius 2 is 1.58 bits per heavy atom. The van der Waals surface area contributed by atoms with Crippen molar-refractivity contribution in [1.29, 1.82) is 5.26 Å². The summed E-state index contributed by atoms with van der Waals surface area (Å²) in [5.74, 6) is -9.77. The highest BCUT2D eigenvalue weighted by atomic mass is 19.2. The number of benzene rings is 3. The van der Waals surface area contributed by atoms with E-state index >= 15 is 0 Å². The van der Waals surface area contributed by atoms with Gasteiger partial charge in [-0.3, -0.25) is 5.43 Å². The molecule has 3 aromatic rings. The number of hydrazone groups is 1. The second-order valence-electron chi connectivity index (χ2n) is 6.51. The van der Waals surface area contributed by atoms with Gasteiger partial charge in [0.25, 0.3) is 0 Å². The first-order valence-electron chi connectivity index (χ1n) is 9.55. The van der Waals surface area contributed by atoms with E-state index in [1.807, 2.05) is 5.43 Å². The molecule has 0 unspecified atom stereocenters. The molecule has 0 fully saturated rings. The minimum absolute atomic E-state index is 0.110. The van der Waals surface area contributed by atoms with Crippen LogP contribution in [0.15, 0.2) is 47.6 Å². The van der Waals surface area contributed by atoms with Crippen molar-refractivity contribution < 1.29 is 31.4 Å². The van der Waals surface area contributed by atoms with Gasteiger partial charge < -0.3 is 9.47 Å². The summed E-state index contributed by atoms with van der Waals surface area (Å²) in [5.41, 5.74) is 2.10. The first-order valence-corrected chi connectivity index (χ1v) is 9.55. The number of rotatable bonds is 8. The van der Waals surface area contributed by atoms with Crippen LogP contribution in [-0.4, -0.2) is 12.8 Å². The minimum atomic E-state index is -2.26. The molecule has 0 aromatic heterocycles. The fraction of sp³-hybridized carbons (Fsp3) is 0.130. The number of anilines is 1. The molecule has 0 aliphatic carbocycles. The van der Waals surface area contributed by atoms with Gasteiger partial charge in [-0.25, -0.2) is 22.0 Å². The zero-order chi connectivity index (χ0) is 24.0. The molecule has 170 valence electrons. The molecule has 0 heterocycles. The normalized spacial score (nSPS) is 10.8. The lowest BCUT2D eigenvalue weighted by molar-refractivity contribution is 0.269. The quantitative estimate of drug-likeness (QED) is 0.154. The van der Waals surface area contributed by atoms with Crippen molar-refractivity contribution in [3.63, 3.8) is 0 Å². The van der Waals surface area contributed by atoms with Gasteiger partial charge in [-0.15, -0.1) is 0 Å². The Morgan fingerprint density at radius 3 is 2.24 bits per heavy atom. The molecule has 0 spiro atoms. The molecule has 3 aromatic carbocycles. The van der Waals surface area contributed by atoms with Crippen LogP contribution >= 0.6 is 0 Å². The number of nitrogens with one attached hydrogen (secondary N) is 1. The second kappa shape index (κ2) is 10.5. The third-order valence-corrected chi connectivity index (χ3v) is 4.39. The summed E-state index contributed by atoms with van der Waals surface area (Å²) in [5, 5.41) is 12.7. The molecule has 33 heavy (non-hydrogen) atoms. The van der Waals surface area contributed by atoms with E-state index in [2.05, 4.69) is 11.2 Å². The maximum absolute atomic E-state index is 13.7. The lowest BCUT2D eigenvalue weighted by Crippen LogP contribution is -2.06. The van der Waals surface area contributed by atoms with E-state index in [-0.39, 0.29) is 6.61 Å². The van der Waals surface area contributed by atoms with Crippen LogP contribution in [0.5, 0.6) is 11.5 Å². The van der Waals surface area contributed by atoms with Crippen LogP contribution in [0.3, 0.4) is 0 Å². The number of ether oxygens (including phenoxy) is 2. The van der Waals surface area contributed by atoms with E-state index in [0.717, 1.165) is 6.21 Å². The van der Waals surface area contributed by atoms with Gasteiger partial charge >= 0.3 is 0 Å². The lowest BCUT2D eigenvalue weighted by atomic mass is 10.1. The topological polar surface area (TPSA) is 66.6 Å². The molecule has 0 atom stereocenters. The van der Waals surface area contributed by atoms with Gasteiger partial charge in [0.2, 0.25) is 5.82 Å². The summed E-state index contributed by atoms with van der Waals surface area (Å²) >= 11 is 0. The molecule has 3 rings (SSSR count). The van der Waals surface area contributed by atoms with Crippen LogP contribution in [0.1, 0.15) is 23.6 Å². The monoisotopic (exact) mass is 461 g/mol. The maximum Gasteiger partial charge on any atom is 0.200 e. The summed E-state index contributed by atoms with van der Waals surface area (Å²) < 4.78 is 78.4. The van der Waals surface area contributed by atoms with Crippen molar-refractivity contribution >= 4 is 11.9 Å². The van der Waals surface area contributed by atoms with Gasteiger partial charge in [-0.05, 0) is 36.8 Å². The molecule has 10 heteroatoms. The number of nitrogens with zero attached hydrogens (tertiary/aromatic N) is 2. The summed E-state index contributed by atoms with van der Waals surface area (Å²) in [7, 11) is 0. The Kier molecular flexibility index (Phi) is 7.46. The van der Waals surface area contributed by atoms with E-state index in [1.54, 1.807) is 37.3 Å². The molecule has 0 saturated carbocycles. The summed E-state index contributed by atoms with van der Waals surface area (Å²) in [6.07, 6.45) is 1.11. The average molecular weight is 461 g/mol. The maximum atomic E-state index is 13.7. The van der Waals surface area contributed by atoms with E-state index in [9.17, 15) is 27.2 Å². The second-order valence-corrected chi connectivity index (χ2v) is 6.51. The largest absolute Gasteiger partial charge is 0.490 e. The van der Waals surface area contributed by atoms with Crippen molar-refractivity contribution in [2.24, 2.45) is 5.10 Å². The van der Waals surface area contributed by atoms with Crippen LogP contribution in [0, 0.1) is 40.4 Å². The smallest absolute Gasteiger partial charge is 0.200 e. The zero-order valence-corrected chi connectivity index (χ0v) is 17.1. The SMILES string of the molecule is CCOc1cc(/C=N\Nc2c(F)c(F)c(F)c(F)c2F)ccc1OCc1ccccc1C#N. The van der Waals surface area contributed by atoms with Gasteiger partial charge in [-0.2, -0.15) is 10.4 Å². The Balaban J connectivity index is 1.78. The van der Waals surface area contributed by atoms with Crippen molar-refractivity contribution in [1.82, 2.24) is 0 Å². The van der Waals surface area contributed by atoms with Crippen LogP contribution in [0.25, 0.3) is 0 Å². The van der Waals surface area contributed by atoms with Gasteiger partial charge in [0.1, 0.15) is 12.3 Å². The number of nitriles is 1. The predicted octanol–water partition coefficient (Wildman–Crippen LogP) is 5.68. The average Bonchev–Trinajstić information content (AvgIpc) is 2.83. The molecule has 5 nitrogen and oxygen atoms in total. The van der Waals surface area contributed by atoms with Gasteiger partial charge in [0.15, 0.2) is 34.8 Å². The number of hydrogen-bond acceptors (Lipinski definition) is 5. The van der Waals surface area contributed by atoms with Crippen molar-refractivity contribution in [2.45, 2.75) is 13.5 Å². The van der Waals surface area contributed by atoms with E-state index in [4.69, 9.17) is 9.47 Å². The highest BCUT2D eigenvalue weighted by Crippen LogP contribution is 2.30. The Bertz CT molecular complexity index is 1210. The van der Waals surface area contributed by atoms with Crippen LogP contribution in [-0.2, 0) is 6.61 Å². The van der Waals surface area contributed by atoms with E-state index in [1.165, 1.54) is 12.1 Å². The predicted molar refractivity (Wildman–Crippen MR) is 111 cm³/mol. The molecular formula is C23H16F5N3O2. The molecule has 0 aliphatic rings. The van der Waals surface area contributed by atoms with Crippen LogP contribution in [0.4, 0.5) is 27.6 Å². The van der Waals surface area contributed by atoms with E-state index < -0.39 is 34.8 Å². The highest BCUT2D eigenvalue weighted by molar-refractivity contribution is 5.81. The highest BCUT2D eigenvalue weighted by Gasteiger charge is 2.25. The molecular weight excluding hydrogens is 445 g/mol. The van der Waals surface area contributed by atoms with Gasteiger partial charge in [0.05, 0.1) is 24.5 Å². The summed E-state index contributed by atoms with van der Waals surface area (Å²) in [6.45, 7) is 2.16. The molecule has 0 aliphatic heterocycles. The van der Waals surface area contributed by atoms with Crippen LogP contribution in [0.2, 0.25) is 0 Å². The van der Waals surface area contributed by atoms with Gasteiger partial charge in [-0.1, -0.05) is 18.2 Å². The zero-order valence-electron chi connectivity index (χ0n) is 17.1. The molecule has 1 N–H and O–H groups in total. The molecule has 0 bridgehead atoms. The molecule has 0 radical (unpaired) electrons. The summed E-state index contributed by atoms with van der Waals surface area (Å²) in [4.78, 5) is 0. The third kappa shape index (κ3) is 5.20. The third-order valence-electron chi connectivity index (χ3n) is 4.39. The summed E-state index contributed by atoms with van der Waals surface area (Å²) in [6, 6.07) is 13.6. The van der Waals surface area contributed by atoms with Crippen molar-refractivity contribution in [3.05, 3.63) is 88.2 Å². The minimum Gasteiger partial charge on any atom is -0.490 e. The first-order chi connectivity index (χ1) is 15.9. The number of hydrogen-bond donors (Lipinski definition) is 1. The van der Waals surface area contributed by atoms with E-state index in [0.29, 0.717) is 34.8 Å². The molecule has 0 saturated heterocycles. The Hall–Kier alpha value is -4.13. The Morgan fingerprint density at radius 1 is 0.909 bits per heavy atom. The van der Waals surface area contributed by atoms with Gasteiger partial charge in [0, 0.05) is 5.56 Å². The Labute approximate surface area is 185 Å². The van der Waals surface area contributed by atoms with Crippen molar-refractivity contribution in [3.8, 4) is 17.6 Å². The standard InChI is InChI=1S/C23H16F5N3O2/c1-2-32-17-9-13(7-8-16(17)33-12-15-6-4-3-5-14(15)10-29)11-30-31-23-21(27)19(25)18(24)20(26)22(23)28/h3-9,11,31H,2,12H2,1H3/b30-11-. The first kappa shape index (κ1) is 23.5. The van der Waals surface area contributed by atoms with Crippen LogP contribution < -0.4 is 14.9 Å². The lowest BCUT2D eigenvalue weighted by Gasteiger charge is -2.13. The fourth-order valence-corrected chi connectivity index (χ4v) is 2.78. The number of halogens is 5. The van der Waals surface area contributed by atoms with Crippen molar-refractivity contribution in [2.75, 3.05) is 12.0 Å². The molecule has 0 amide bonds.